The van der Waals surface area contributed by atoms with Crippen molar-refractivity contribution in [1.29, 1.82) is 0 Å². The predicted molar refractivity (Wildman–Crippen MR) is 101 cm³/mol. The molecule has 2 aromatic rings. The lowest BCUT2D eigenvalue weighted by Crippen LogP contribution is -2.47. The largest absolute Gasteiger partial charge is 0.384 e. The van der Waals surface area contributed by atoms with Crippen LogP contribution in [0.4, 0.5) is 0 Å². The Kier molecular flexibility index (Phi) is 5.67. The first-order chi connectivity index (χ1) is 11.5. The van der Waals surface area contributed by atoms with Crippen molar-refractivity contribution in [2.24, 2.45) is 5.41 Å². The molecule has 0 atom stereocenters. The van der Waals surface area contributed by atoms with E-state index in [0.717, 1.165) is 36.0 Å². The number of hydrogen-bond acceptors (Lipinski definition) is 4. The number of halogens is 2. The second-order valence-electron chi connectivity index (χ2n) is 6.25. The van der Waals surface area contributed by atoms with Gasteiger partial charge in [-0.25, -0.2) is 0 Å². The SMILES string of the molecule is COCC1(CNC(=O)c2sc3cc(Cl)ccc3c2Cl)CCNCC1. The lowest BCUT2D eigenvalue weighted by Gasteiger charge is -2.37. The fraction of sp³-hybridized carbons (Fsp3) is 0.471. The van der Waals surface area contributed by atoms with Crippen molar-refractivity contribution in [2.45, 2.75) is 12.8 Å². The quantitative estimate of drug-likeness (QED) is 0.817. The third kappa shape index (κ3) is 3.70. The number of piperidine rings is 1. The van der Waals surface area contributed by atoms with Gasteiger partial charge in [-0.05, 0) is 38.1 Å². The second kappa shape index (κ2) is 7.58. The van der Waals surface area contributed by atoms with Crippen molar-refractivity contribution in [3.63, 3.8) is 0 Å². The summed E-state index contributed by atoms with van der Waals surface area (Å²) in [7, 11) is 1.71. The molecule has 1 fully saturated rings. The maximum Gasteiger partial charge on any atom is 0.262 e. The lowest BCUT2D eigenvalue weighted by molar-refractivity contribution is 0.0512. The van der Waals surface area contributed by atoms with Gasteiger partial charge in [-0.2, -0.15) is 0 Å². The average molecular weight is 387 g/mol. The van der Waals surface area contributed by atoms with E-state index in [0.29, 0.717) is 28.1 Å². The molecule has 3 rings (SSSR count). The van der Waals surface area contributed by atoms with Gasteiger partial charge in [0.25, 0.3) is 5.91 Å². The van der Waals surface area contributed by atoms with Gasteiger partial charge < -0.3 is 15.4 Å². The summed E-state index contributed by atoms with van der Waals surface area (Å²) in [5, 5.41) is 8.41. The molecule has 0 bridgehead atoms. The molecule has 0 radical (unpaired) electrons. The van der Waals surface area contributed by atoms with Gasteiger partial charge in [0.15, 0.2) is 0 Å². The van der Waals surface area contributed by atoms with E-state index in [1.54, 1.807) is 13.2 Å². The Balaban J connectivity index is 1.76. The average Bonchev–Trinajstić information content (AvgIpc) is 2.90. The van der Waals surface area contributed by atoms with Crippen molar-refractivity contribution in [3.05, 3.63) is 33.1 Å². The molecule has 24 heavy (non-hydrogen) atoms. The van der Waals surface area contributed by atoms with Crippen molar-refractivity contribution >= 4 is 50.5 Å². The molecular weight excluding hydrogens is 367 g/mol. The number of benzene rings is 1. The van der Waals surface area contributed by atoms with Gasteiger partial charge in [0.1, 0.15) is 4.88 Å². The molecule has 1 aromatic heterocycles. The second-order valence-corrected chi connectivity index (χ2v) is 8.12. The van der Waals surface area contributed by atoms with Crippen LogP contribution in [0.2, 0.25) is 10.0 Å². The zero-order valence-electron chi connectivity index (χ0n) is 13.5. The Labute approximate surface area is 155 Å². The summed E-state index contributed by atoms with van der Waals surface area (Å²) in [6.07, 6.45) is 1.97. The third-order valence-electron chi connectivity index (χ3n) is 4.54. The molecule has 1 aromatic carbocycles. The van der Waals surface area contributed by atoms with Crippen molar-refractivity contribution in [1.82, 2.24) is 10.6 Å². The molecule has 130 valence electrons. The molecule has 1 aliphatic heterocycles. The summed E-state index contributed by atoms with van der Waals surface area (Å²) >= 11 is 13.8. The van der Waals surface area contributed by atoms with Gasteiger partial charge in [-0.3, -0.25) is 4.79 Å². The van der Waals surface area contributed by atoms with E-state index in [4.69, 9.17) is 27.9 Å². The predicted octanol–water partition coefficient (Wildman–Crippen LogP) is 3.95. The highest BCUT2D eigenvalue weighted by Gasteiger charge is 2.33. The number of rotatable bonds is 5. The molecule has 0 saturated carbocycles. The minimum Gasteiger partial charge on any atom is -0.384 e. The minimum absolute atomic E-state index is 0.0118. The summed E-state index contributed by atoms with van der Waals surface area (Å²) in [4.78, 5) is 13.2. The molecular formula is C17H20Cl2N2O2S. The van der Waals surface area contributed by atoms with Crippen molar-refractivity contribution in [2.75, 3.05) is 33.4 Å². The van der Waals surface area contributed by atoms with E-state index in [9.17, 15) is 4.79 Å². The van der Waals surface area contributed by atoms with Gasteiger partial charge in [-0.15, -0.1) is 11.3 Å². The molecule has 1 aliphatic rings. The van der Waals surface area contributed by atoms with Crippen LogP contribution < -0.4 is 10.6 Å². The van der Waals surface area contributed by atoms with Crippen molar-refractivity contribution < 1.29 is 9.53 Å². The molecule has 2 N–H and O–H groups in total. The summed E-state index contributed by atoms with van der Waals surface area (Å²) in [5.74, 6) is -0.133. The number of fused-ring (bicyclic) bond motifs is 1. The first kappa shape index (κ1) is 18.0. The van der Waals surface area contributed by atoms with E-state index >= 15 is 0 Å². The standard InChI is InChI=1S/C17H20Cl2N2O2S/c1-23-10-17(4-6-20-7-5-17)9-21-16(22)15-14(19)12-3-2-11(18)8-13(12)24-15/h2-3,8,20H,4-7,9-10H2,1H3,(H,21,22). The summed E-state index contributed by atoms with van der Waals surface area (Å²) in [6.45, 7) is 3.13. The van der Waals surface area contributed by atoms with Crippen LogP contribution in [0, 0.1) is 5.41 Å². The van der Waals surface area contributed by atoms with E-state index in [1.807, 2.05) is 12.1 Å². The monoisotopic (exact) mass is 386 g/mol. The van der Waals surface area contributed by atoms with Crippen LogP contribution in [0.25, 0.3) is 10.1 Å². The minimum atomic E-state index is -0.133. The van der Waals surface area contributed by atoms with Crippen LogP contribution in [0.3, 0.4) is 0 Å². The molecule has 0 unspecified atom stereocenters. The van der Waals surface area contributed by atoms with Gasteiger partial charge in [0, 0.05) is 34.2 Å². The first-order valence-electron chi connectivity index (χ1n) is 7.90. The zero-order valence-corrected chi connectivity index (χ0v) is 15.8. The molecule has 0 aliphatic carbocycles. The van der Waals surface area contributed by atoms with Crippen molar-refractivity contribution in [3.8, 4) is 0 Å². The molecule has 2 heterocycles. The lowest BCUT2D eigenvalue weighted by atomic mass is 9.79. The summed E-state index contributed by atoms with van der Waals surface area (Å²) < 4.78 is 6.31. The highest BCUT2D eigenvalue weighted by molar-refractivity contribution is 7.21. The van der Waals surface area contributed by atoms with E-state index in [1.165, 1.54) is 11.3 Å². The van der Waals surface area contributed by atoms with E-state index in [2.05, 4.69) is 10.6 Å². The van der Waals surface area contributed by atoms with E-state index in [-0.39, 0.29) is 11.3 Å². The Bertz CT molecular complexity index is 736. The number of nitrogens with one attached hydrogen (secondary N) is 2. The number of ether oxygens (including phenoxy) is 1. The number of hydrogen-bond donors (Lipinski definition) is 2. The topological polar surface area (TPSA) is 50.4 Å². The van der Waals surface area contributed by atoms with Gasteiger partial charge in [-0.1, -0.05) is 29.3 Å². The van der Waals surface area contributed by atoms with Crippen LogP contribution in [0.5, 0.6) is 0 Å². The highest BCUT2D eigenvalue weighted by Crippen LogP contribution is 2.37. The van der Waals surface area contributed by atoms with Gasteiger partial charge >= 0.3 is 0 Å². The maximum absolute atomic E-state index is 12.6. The summed E-state index contributed by atoms with van der Waals surface area (Å²) in [5.41, 5.74) is -0.0118. The molecule has 7 heteroatoms. The van der Waals surface area contributed by atoms with E-state index < -0.39 is 0 Å². The molecule has 4 nitrogen and oxygen atoms in total. The Morgan fingerprint density at radius 3 is 2.83 bits per heavy atom. The smallest absolute Gasteiger partial charge is 0.262 e. The van der Waals surface area contributed by atoms with Gasteiger partial charge in [0.05, 0.1) is 11.6 Å². The van der Waals surface area contributed by atoms with Crippen LogP contribution in [-0.4, -0.2) is 39.3 Å². The maximum atomic E-state index is 12.6. The third-order valence-corrected chi connectivity index (χ3v) is 6.43. The zero-order chi connectivity index (χ0) is 17.2. The Morgan fingerprint density at radius 2 is 2.12 bits per heavy atom. The summed E-state index contributed by atoms with van der Waals surface area (Å²) in [6, 6.07) is 5.47. The molecule has 1 amide bonds. The molecule has 1 saturated heterocycles. The Morgan fingerprint density at radius 1 is 1.38 bits per heavy atom. The van der Waals surface area contributed by atoms with Gasteiger partial charge in [0.2, 0.25) is 0 Å². The number of amides is 1. The number of thiophene rings is 1. The highest BCUT2D eigenvalue weighted by atomic mass is 35.5. The normalized spacial score (nSPS) is 17.1. The fourth-order valence-electron chi connectivity index (χ4n) is 3.17. The van der Waals surface area contributed by atoms with Crippen LogP contribution in [0.1, 0.15) is 22.5 Å². The number of methoxy groups -OCH3 is 1. The Hall–Kier alpha value is -0.850. The number of carbonyl (C=O) groups excluding carboxylic acids is 1. The van der Waals surface area contributed by atoms with Crippen LogP contribution in [0.15, 0.2) is 18.2 Å². The fourth-order valence-corrected chi connectivity index (χ4v) is 4.88. The van der Waals surface area contributed by atoms with Crippen LogP contribution in [-0.2, 0) is 4.74 Å². The first-order valence-corrected chi connectivity index (χ1v) is 9.47. The molecule has 0 spiro atoms. The number of carbonyl (C=O) groups is 1. The van der Waals surface area contributed by atoms with Crippen LogP contribution >= 0.6 is 34.5 Å².